The molecule has 0 amide bonds. The highest BCUT2D eigenvalue weighted by atomic mass is 79.9. The van der Waals surface area contributed by atoms with Crippen molar-refractivity contribution in [1.82, 2.24) is 5.32 Å². The van der Waals surface area contributed by atoms with E-state index in [0.29, 0.717) is 5.41 Å². The lowest BCUT2D eigenvalue weighted by Crippen LogP contribution is -2.35. The molecule has 0 bridgehead atoms. The van der Waals surface area contributed by atoms with Crippen LogP contribution in [0.3, 0.4) is 0 Å². The predicted molar refractivity (Wildman–Crippen MR) is 83.5 cm³/mol. The maximum atomic E-state index is 5.11. The van der Waals surface area contributed by atoms with E-state index in [1.54, 1.807) is 7.11 Å². The van der Waals surface area contributed by atoms with Gasteiger partial charge < -0.3 is 10.1 Å². The van der Waals surface area contributed by atoms with Crippen LogP contribution >= 0.6 is 15.9 Å². The zero-order chi connectivity index (χ0) is 13.6. The molecule has 1 fully saturated rings. The van der Waals surface area contributed by atoms with Crippen LogP contribution in [0.2, 0.25) is 0 Å². The number of methoxy groups -OCH3 is 1. The molecular weight excluding hydrogens is 302 g/mol. The first-order valence-corrected chi connectivity index (χ1v) is 7.98. The molecule has 1 aliphatic carbocycles. The number of halogens is 1. The standard InChI is InChI=1S/C16H24BrNO/c1-19-11-10-18-13-16(8-4-5-9-16)12-14-6-2-3-7-15(14)17/h2-3,6-7,18H,4-5,8-13H2,1H3. The summed E-state index contributed by atoms with van der Waals surface area (Å²) < 4.78 is 6.36. The van der Waals surface area contributed by atoms with Gasteiger partial charge in [-0.3, -0.25) is 0 Å². The van der Waals surface area contributed by atoms with Crippen molar-refractivity contribution in [2.45, 2.75) is 32.1 Å². The van der Waals surface area contributed by atoms with E-state index < -0.39 is 0 Å². The van der Waals surface area contributed by atoms with Crippen molar-refractivity contribution in [2.75, 3.05) is 26.8 Å². The van der Waals surface area contributed by atoms with Gasteiger partial charge in [-0.15, -0.1) is 0 Å². The van der Waals surface area contributed by atoms with Gasteiger partial charge in [-0.1, -0.05) is 47.0 Å². The summed E-state index contributed by atoms with van der Waals surface area (Å²) >= 11 is 3.68. The number of hydrogen-bond acceptors (Lipinski definition) is 2. The minimum atomic E-state index is 0.442. The fourth-order valence-electron chi connectivity index (χ4n) is 3.11. The van der Waals surface area contributed by atoms with Gasteiger partial charge >= 0.3 is 0 Å². The summed E-state index contributed by atoms with van der Waals surface area (Å²) in [5.74, 6) is 0. The van der Waals surface area contributed by atoms with Crippen molar-refractivity contribution in [3.8, 4) is 0 Å². The number of benzene rings is 1. The predicted octanol–water partition coefficient (Wildman–Crippen LogP) is 3.79. The first-order valence-electron chi connectivity index (χ1n) is 7.19. The summed E-state index contributed by atoms with van der Waals surface area (Å²) in [4.78, 5) is 0. The Balaban J connectivity index is 1.97. The molecule has 1 aromatic carbocycles. The van der Waals surface area contributed by atoms with E-state index >= 15 is 0 Å². The van der Waals surface area contributed by atoms with Crippen molar-refractivity contribution < 1.29 is 4.74 Å². The lowest BCUT2D eigenvalue weighted by molar-refractivity contribution is 0.189. The summed E-state index contributed by atoms with van der Waals surface area (Å²) in [5, 5.41) is 3.57. The number of hydrogen-bond donors (Lipinski definition) is 1. The van der Waals surface area contributed by atoms with Crippen molar-refractivity contribution >= 4 is 15.9 Å². The Hall–Kier alpha value is -0.380. The molecule has 0 saturated heterocycles. The molecule has 1 N–H and O–H groups in total. The quantitative estimate of drug-likeness (QED) is 0.770. The third kappa shape index (κ3) is 4.30. The zero-order valence-corrected chi connectivity index (χ0v) is 13.3. The Morgan fingerprint density at radius 2 is 2.00 bits per heavy atom. The molecule has 1 aromatic rings. The van der Waals surface area contributed by atoms with Crippen LogP contribution in [0.5, 0.6) is 0 Å². The van der Waals surface area contributed by atoms with Gasteiger partial charge in [-0.2, -0.15) is 0 Å². The van der Waals surface area contributed by atoms with Gasteiger partial charge in [-0.25, -0.2) is 0 Å². The van der Waals surface area contributed by atoms with E-state index in [4.69, 9.17) is 4.74 Å². The zero-order valence-electron chi connectivity index (χ0n) is 11.8. The maximum absolute atomic E-state index is 5.11. The SMILES string of the molecule is COCCNCC1(Cc2ccccc2Br)CCCC1. The van der Waals surface area contributed by atoms with Crippen LogP contribution in [0.1, 0.15) is 31.2 Å². The van der Waals surface area contributed by atoms with Gasteiger partial charge in [0.15, 0.2) is 0 Å². The summed E-state index contributed by atoms with van der Waals surface area (Å²) in [5.41, 5.74) is 1.88. The maximum Gasteiger partial charge on any atom is 0.0587 e. The molecule has 0 aliphatic heterocycles. The molecular formula is C16H24BrNO. The molecule has 0 unspecified atom stereocenters. The van der Waals surface area contributed by atoms with E-state index in [1.807, 2.05) is 0 Å². The Labute approximate surface area is 125 Å². The molecule has 2 nitrogen and oxygen atoms in total. The number of nitrogens with one attached hydrogen (secondary N) is 1. The van der Waals surface area contributed by atoms with Crippen LogP contribution in [-0.2, 0) is 11.2 Å². The van der Waals surface area contributed by atoms with Crippen molar-refractivity contribution in [3.63, 3.8) is 0 Å². The van der Waals surface area contributed by atoms with Crippen molar-refractivity contribution in [3.05, 3.63) is 34.3 Å². The molecule has 1 saturated carbocycles. The van der Waals surface area contributed by atoms with E-state index in [9.17, 15) is 0 Å². The van der Waals surface area contributed by atoms with E-state index in [1.165, 1.54) is 42.1 Å². The Kier molecular flexibility index (Phi) is 5.86. The highest BCUT2D eigenvalue weighted by Crippen LogP contribution is 2.41. The fraction of sp³-hybridized carbons (Fsp3) is 0.625. The van der Waals surface area contributed by atoms with Gasteiger partial charge in [0, 0.05) is 24.7 Å². The molecule has 0 atom stereocenters. The lowest BCUT2D eigenvalue weighted by Gasteiger charge is -2.30. The van der Waals surface area contributed by atoms with E-state index in [-0.39, 0.29) is 0 Å². The topological polar surface area (TPSA) is 21.3 Å². The van der Waals surface area contributed by atoms with E-state index in [0.717, 1.165) is 19.7 Å². The first-order chi connectivity index (χ1) is 9.26. The van der Waals surface area contributed by atoms with Crippen LogP contribution in [0.15, 0.2) is 28.7 Å². The van der Waals surface area contributed by atoms with Gasteiger partial charge in [0.2, 0.25) is 0 Å². The molecule has 3 heteroatoms. The molecule has 0 heterocycles. The van der Waals surface area contributed by atoms with Crippen LogP contribution in [-0.4, -0.2) is 26.8 Å². The Morgan fingerprint density at radius 3 is 2.68 bits per heavy atom. The minimum absolute atomic E-state index is 0.442. The third-order valence-corrected chi connectivity index (χ3v) is 4.94. The highest BCUT2D eigenvalue weighted by Gasteiger charge is 2.33. The van der Waals surface area contributed by atoms with Crippen LogP contribution < -0.4 is 5.32 Å². The van der Waals surface area contributed by atoms with Gasteiger partial charge in [0.25, 0.3) is 0 Å². The van der Waals surface area contributed by atoms with Gasteiger partial charge in [0.05, 0.1) is 6.61 Å². The minimum Gasteiger partial charge on any atom is -0.383 e. The molecule has 2 rings (SSSR count). The highest BCUT2D eigenvalue weighted by molar-refractivity contribution is 9.10. The molecule has 0 radical (unpaired) electrons. The second kappa shape index (κ2) is 7.41. The van der Waals surface area contributed by atoms with Crippen LogP contribution in [0.25, 0.3) is 0 Å². The average Bonchev–Trinajstić information content (AvgIpc) is 2.87. The van der Waals surface area contributed by atoms with Gasteiger partial charge in [-0.05, 0) is 36.3 Å². The van der Waals surface area contributed by atoms with Crippen LogP contribution in [0, 0.1) is 5.41 Å². The summed E-state index contributed by atoms with van der Waals surface area (Å²) in [7, 11) is 1.76. The van der Waals surface area contributed by atoms with Crippen molar-refractivity contribution in [2.24, 2.45) is 5.41 Å². The van der Waals surface area contributed by atoms with Crippen LogP contribution in [0.4, 0.5) is 0 Å². The average molecular weight is 326 g/mol. The second-order valence-electron chi connectivity index (χ2n) is 5.64. The van der Waals surface area contributed by atoms with Gasteiger partial charge in [0.1, 0.15) is 0 Å². The lowest BCUT2D eigenvalue weighted by atomic mass is 9.80. The monoisotopic (exact) mass is 325 g/mol. The molecule has 106 valence electrons. The molecule has 0 spiro atoms. The number of ether oxygens (including phenoxy) is 1. The van der Waals surface area contributed by atoms with Crippen molar-refractivity contribution in [1.29, 1.82) is 0 Å². The number of rotatable bonds is 7. The first kappa shape index (κ1) is 15.0. The fourth-order valence-corrected chi connectivity index (χ4v) is 3.54. The molecule has 0 aromatic heterocycles. The normalized spacial score (nSPS) is 17.8. The van der Waals surface area contributed by atoms with E-state index in [2.05, 4.69) is 45.5 Å². The second-order valence-corrected chi connectivity index (χ2v) is 6.50. The largest absolute Gasteiger partial charge is 0.383 e. The smallest absolute Gasteiger partial charge is 0.0587 e. The Morgan fingerprint density at radius 1 is 1.26 bits per heavy atom. The summed E-state index contributed by atoms with van der Waals surface area (Å²) in [6.45, 7) is 2.86. The summed E-state index contributed by atoms with van der Waals surface area (Å²) in [6, 6.07) is 8.63. The molecule has 19 heavy (non-hydrogen) atoms. The Bertz CT molecular complexity index is 388. The summed E-state index contributed by atoms with van der Waals surface area (Å²) in [6.07, 6.45) is 6.60. The third-order valence-electron chi connectivity index (χ3n) is 4.17. The molecule has 1 aliphatic rings.